The third-order valence-corrected chi connectivity index (χ3v) is 4.49. The molecular formula is C16H9N3O3S. The van der Waals surface area contributed by atoms with Crippen LogP contribution in [-0.2, 0) is 0 Å². The molecule has 4 rings (SSSR count). The number of rotatable bonds is 2. The van der Waals surface area contributed by atoms with E-state index in [1.165, 1.54) is 23.5 Å². The van der Waals surface area contributed by atoms with Gasteiger partial charge in [0.1, 0.15) is 0 Å². The first-order valence-corrected chi connectivity index (χ1v) is 7.61. The lowest BCUT2D eigenvalue weighted by atomic mass is 10.2. The summed E-state index contributed by atoms with van der Waals surface area (Å²) in [5.41, 5.74) is 1.99. The summed E-state index contributed by atoms with van der Waals surface area (Å²) in [6.45, 7) is 0. The first-order valence-electron chi connectivity index (χ1n) is 6.80. The van der Waals surface area contributed by atoms with Crippen molar-refractivity contribution in [2.75, 3.05) is 0 Å². The van der Waals surface area contributed by atoms with Crippen LogP contribution in [0.2, 0.25) is 0 Å². The molecule has 0 aliphatic carbocycles. The fourth-order valence-corrected chi connectivity index (χ4v) is 3.48. The largest absolute Gasteiger partial charge is 0.274 e. The van der Waals surface area contributed by atoms with E-state index in [1.807, 2.05) is 24.3 Å². The van der Waals surface area contributed by atoms with Gasteiger partial charge in [-0.2, -0.15) is 0 Å². The van der Waals surface area contributed by atoms with Gasteiger partial charge in [0.15, 0.2) is 4.96 Å². The van der Waals surface area contributed by atoms with E-state index in [0.717, 1.165) is 11.0 Å². The number of hydrogen-bond donors (Lipinski definition) is 0. The van der Waals surface area contributed by atoms with E-state index < -0.39 is 4.92 Å². The second kappa shape index (κ2) is 4.99. The summed E-state index contributed by atoms with van der Waals surface area (Å²) in [4.78, 5) is 28.0. The highest BCUT2D eigenvalue weighted by molar-refractivity contribution is 7.15. The Morgan fingerprint density at radius 2 is 2.00 bits per heavy atom. The Bertz CT molecular complexity index is 1180. The summed E-state index contributed by atoms with van der Waals surface area (Å²) in [5, 5.41) is 10.8. The van der Waals surface area contributed by atoms with Crippen LogP contribution in [0.5, 0.6) is 0 Å². The van der Waals surface area contributed by atoms with Crippen LogP contribution < -0.4 is 10.1 Å². The van der Waals surface area contributed by atoms with Crippen molar-refractivity contribution in [1.82, 2.24) is 9.38 Å². The van der Waals surface area contributed by atoms with Gasteiger partial charge in [-0.3, -0.25) is 14.9 Å². The van der Waals surface area contributed by atoms with Gasteiger partial charge in [0.25, 0.3) is 11.2 Å². The van der Waals surface area contributed by atoms with Crippen molar-refractivity contribution < 1.29 is 4.92 Å². The fourth-order valence-electron chi connectivity index (χ4n) is 2.49. The molecule has 0 amide bonds. The van der Waals surface area contributed by atoms with Gasteiger partial charge in [0.05, 0.1) is 20.5 Å². The second-order valence-electron chi connectivity index (χ2n) is 4.99. The quantitative estimate of drug-likeness (QED) is 0.419. The van der Waals surface area contributed by atoms with Crippen LogP contribution in [0.4, 0.5) is 5.69 Å². The van der Waals surface area contributed by atoms with Gasteiger partial charge in [-0.25, -0.2) is 9.38 Å². The molecule has 0 fully saturated rings. The van der Waals surface area contributed by atoms with Gasteiger partial charge in [-0.15, -0.1) is 0 Å². The van der Waals surface area contributed by atoms with Gasteiger partial charge >= 0.3 is 0 Å². The number of thiazole rings is 1. The molecule has 0 atom stereocenters. The Morgan fingerprint density at radius 3 is 2.83 bits per heavy atom. The molecule has 0 N–H and O–H groups in total. The number of para-hydroxylation sites is 2. The van der Waals surface area contributed by atoms with Crippen LogP contribution in [0.15, 0.2) is 53.3 Å². The number of imidazole rings is 1. The molecule has 0 aliphatic rings. The molecule has 0 bridgehead atoms. The SMILES string of the molecule is O=c1/c(=C\c2cccc([N+](=O)[O-])c2)sc2nc3ccccc3n12. The van der Waals surface area contributed by atoms with E-state index in [-0.39, 0.29) is 11.2 Å². The fraction of sp³-hybridized carbons (Fsp3) is 0. The number of non-ortho nitro benzene ring substituents is 1. The molecule has 23 heavy (non-hydrogen) atoms. The number of nitro benzene ring substituents is 1. The molecule has 0 saturated heterocycles. The van der Waals surface area contributed by atoms with Crippen molar-refractivity contribution in [1.29, 1.82) is 0 Å². The lowest BCUT2D eigenvalue weighted by Gasteiger charge is -1.92. The van der Waals surface area contributed by atoms with E-state index >= 15 is 0 Å². The van der Waals surface area contributed by atoms with E-state index in [1.54, 1.807) is 22.6 Å². The minimum atomic E-state index is -0.454. The summed E-state index contributed by atoms with van der Waals surface area (Å²) in [7, 11) is 0. The van der Waals surface area contributed by atoms with Crippen LogP contribution in [0.25, 0.3) is 22.1 Å². The Balaban J connectivity index is 1.96. The zero-order chi connectivity index (χ0) is 16.0. The van der Waals surface area contributed by atoms with Crippen LogP contribution in [0, 0.1) is 10.1 Å². The van der Waals surface area contributed by atoms with Gasteiger partial charge in [-0.1, -0.05) is 35.6 Å². The van der Waals surface area contributed by atoms with Gasteiger partial charge < -0.3 is 0 Å². The molecule has 0 saturated carbocycles. The minimum Gasteiger partial charge on any atom is -0.267 e. The van der Waals surface area contributed by atoms with Crippen LogP contribution in [0.1, 0.15) is 5.56 Å². The predicted molar refractivity (Wildman–Crippen MR) is 88.7 cm³/mol. The zero-order valence-electron chi connectivity index (χ0n) is 11.7. The normalized spacial score (nSPS) is 12.3. The maximum atomic E-state index is 12.6. The molecule has 2 heterocycles. The first kappa shape index (κ1) is 13.6. The van der Waals surface area contributed by atoms with E-state index in [0.29, 0.717) is 15.1 Å². The number of benzene rings is 2. The summed E-state index contributed by atoms with van der Waals surface area (Å²) < 4.78 is 2.07. The van der Waals surface area contributed by atoms with Crippen LogP contribution in [-0.4, -0.2) is 14.3 Å². The number of nitrogens with zero attached hydrogens (tertiary/aromatic N) is 3. The first-order chi connectivity index (χ1) is 11.1. The van der Waals surface area contributed by atoms with Crippen molar-refractivity contribution in [3.05, 3.63) is 79.1 Å². The van der Waals surface area contributed by atoms with Gasteiger partial charge in [0.2, 0.25) is 0 Å². The van der Waals surface area contributed by atoms with Crippen molar-refractivity contribution in [2.24, 2.45) is 0 Å². The monoisotopic (exact) mass is 323 g/mol. The van der Waals surface area contributed by atoms with Crippen LogP contribution >= 0.6 is 11.3 Å². The summed E-state index contributed by atoms with van der Waals surface area (Å²) in [5.74, 6) is 0. The lowest BCUT2D eigenvalue weighted by Crippen LogP contribution is -2.22. The molecule has 4 aromatic rings. The highest BCUT2D eigenvalue weighted by atomic mass is 32.1. The Kier molecular flexibility index (Phi) is 2.95. The molecule has 0 aliphatic heterocycles. The summed E-state index contributed by atoms with van der Waals surface area (Å²) in [6, 6.07) is 13.6. The summed E-state index contributed by atoms with van der Waals surface area (Å²) in [6.07, 6.45) is 1.66. The molecule has 0 radical (unpaired) electrons. The lowest BCUT2D eigenvalue weighted by molar-refractivity contribution is -0.384. The third kappa shape index (κ3) is 2.18. The molecule has 2 aromatic carbocycles. The predicted octanol–water partition coefficient (Wildman–Crippen LogP) is 2.37. The molecule has 0 unspecified atom stereocenters. The number of hydrogen-bond acceptors (Lipinski definition) is 5. The van der Waals surface area contributed by atoms with Gasteiger partial charge in [0, 0.05) is 12.1 Å². The van der Waals surface area contributed by atoms with E-state index in [2.05, 4.69) is 4.98 Å². The Labute approximate surface area is 133 Å². The van der Waals surface area contributed by atoms with Gasteiger partial charge in [-0.05, 0) is 23.8 Å². The standard InChI is InChI=1S/C16H9N3O3S/c20-15-14(9-10-4-3-5-11(8-10)19(21)22)23-16-17-12-6-1-2-7-13(12)18(15)16/h1-9H/b14-9+. The molecule has 0 spiro atoms. The second-order valence-corrected chi connectivity index (χ2v) is 6.00. The topological polar surface area (TPSA) is 77.5 Å². The van der Waals surface area contributed by atoms with Crippen molar-refractivity contribution in [2.45, 2.75) is 0 Å². The Morgan fingerprint density at radius 1 is 1.17 bits per heavy atom. The molecule has 2 aromatic heterocycles. The van der Waals surface area contributed by atoms with Crippen molar-refractivity contribution >= 4 is 39.1 Å². The molecule has 6 nitrogen and oxygen atoms in total. The Hall–Kier alpha value is -3.06. The molecule has 112 valence electrons. The maximum Gasteiger partial charge on any atom is 0.274 e. The number of fused-ring (bicyclic) bond motifs is 3. The minimum absolute atomic E-state index is 0.00187. The average molecular weight is 323 g/mol. The molecule has 7 heteroatoms. The molecular weight excluding hydrogens is 314 g/mol. The van der Waals surface area contributed by atoms with Crippen LogP contribution in [0.3, 0.4) is 0 Å². The van der Waals surface area contributed by atoms with Crippen molar-refractivity contribution in [3.8, 4) is 0 Å². The summed E-state index contributed by atoms with van der Waals surface area (Å²) >= 11 is 1.27. The third-order valence-electron chi connectivity index (χ3n) is 3.52. The zero-order valence-corrected chi connectivity index (χ0v) is 12.5. The number of aromatic nitrogens is 2. The maximum absolute atomic E-state index is 12.6. The van der Waals surface area contributed by atoms with E-state index in [9.17, 15) is 14.9 Å². The van der Waals surface area contributed by atoms with Crippen molar-refractivity contribution in [3.63, 3.8) is 0 Å². The highest BCUT2D eigenvalue weighted by Crippen LogP contribution is 2.16. The average Bonchev–Trinajstić information content (AvgIpc) is 3.05. The number of nitro groups is 1. The smallest absolute Gasteiger partial charge is 0.267 e. The van der Waals surface area contributed by atoms with E-state index in [4.69, 9.17) is 0 Å². The highest BCUT2D eigenvalue weighted by Gasteiger charge is 2.11.